The Kier molecular flexibility index (Phi) is 5.05. The number of amides is 1. The van der Waals surface area contributed by atoms with Gasteiger partial charge in [-0.3, -0.25) is 4.79 Å². The van der Waals surface area contributed by atoms with E-state index in [-0.39, 0.29) is 5.91 Å². The van der Waals surface area contributed by atoms with Crippen molar-refractivity contribution in [1.82, 2.24) is 4.57 Å². The van der Waals surface area contributed by atoms with E-state index in [1.165, 1.54) is 0 Å². The predicted octanol–water partition coefficient (Wildman–Crippen LogP) is 4.66. The van der Waals surface area contributed by atoms with Gasteiger partial charge in [0.25, 0.3) is 5.91 Å². The van der Waals surface area contributed by atoms with Gasteiger partial charge in [0, 0.05) is 36.5 Å². The molecule has 0 aliphatic heterocycles. The summed E-state index contributed by atoms with van der Waals surface area (Å²) in [6, 6.07) is 7.74. The maximum absolute atomic E-state index is 12.7. The first-order chi connectivity index (χ1) is 10.7. The number of nitrogens with zero attached hydrogens (tertiary/aromatic N) is 2. The minimum atomic E-state index is -0.115. The third-order valence-corrected chi connectivity index (χ3v) is 4.17. The van der Waals surface area contributed by atoms with Gasteiger partial charge in [0.2, 0.25) is 0 Å². The molecule has 0 atom stereocenters. The second-order valence-corrected chi connectivity index (χ2v) is 6.70. The second kappa shape index (κ2) is 6.67. The van der Waals surface area contributed by atoms with E-state index < -0.39 is 0 Å². The lowest BCUT2D eigenvalue weighted by Gasteiger charge is -2.18. The van der Waals surface area contributed by atoms with Crippen molar-refractivity contribution in [1.29, 1.82) is 0 Å². The van der Waals surface area contributed by atoms with Crippen molar-refractivity contribution in [3.63, 3.8) is 0 Å². The zero-order chi connectivity index (χ0) is 17.3. The number of carbonyl (C=O) groups excluding carboxylic acids is 1. The zero-order valence-electron chi connectivity index (χ0n) is 14.6. The van der Waals surface area contributed by atoms with Crippen LogP contribution in [0.3, 0.4) is 0 Å². The van der Waals surface area contributed by atoms with Crippen molar-refractivity contribution in [2.24, 2.45) is 0 Å². The second-order valence-electron chi connectivity index (χ2n) is 6.26. The summed E-state index contributed by atoms with van der Waals surface area (Å²) in [6.07, 6.45) is 0. The van der Waals surface area contributed by atoms with Crippen LogP contribution in [0.25, 0.3) is 0 Å². The molecule has 0 saturated carbocycles. The van der Waals surface area contributed by atoms with Crippen molar-refractivity contribution in [2.45, 2.75) is 33.7 Å². The highest BCUT2D eigenvalue weighted by atomic mass is 35.5. The number of aryl methyl sites for hydroxylation is 1. The minimum Gasteiger partial charge on any atom is -0.376 e. The summed E-state index contributed by atoms with van der Waals surface area (Å²) in [6.45, 7) is 8.23. The molecule has 1 amide bonds. The summed E-state index contributed by atoms with van der Waals surface area (Å²) >= 11 is 6.08. The lowest BCUT2D eigenvalue weighted by atomic mass is 10.2. The van der Waals surface area contributed by atoms with Gasteiger partial charge in [-0.25, -0.2) is 0 Å². The molecule has 2 aromatic rings. The van der Waals surface area contributed by atoms with Crippen LogP contribution in [0.1, 0.15) is 41.6 Å². The molecule has 0 unspecified atom stereocenters. The van der Waals surface area contributed by atoms with Crippen LogP contribution in [0.15, 0.2) is 24.3 Å². The highest BCUT2D eigenvalue weighted by molar-refractivity contribution is 6.31. The van der Waals surface area contributed by atoms with Gasteiger partial charge < -0.3 is 14.8 Å². The van der Waals surface area contributed by atoms with Gasteiger partial charge in [-0.05, 0) is 52.0 Å². The van der Waals surface area contributed by atoms with E-state index >= 15 is 0 Å². The molecule has 0 fully saturated rings. The van der Waals surface area contributed by atoms with Gasteiger partial charge in [-0.1, -0.05) is 11.6 Å². The molecule has 0 bridgehead atoms. The average Bonchev–Trinajstić information content (AvgIpc) is 2.73. The van der Waals surface area contributed by atoms with E-state index in [2.05, 4.69) is 23.7 Å². The summed E-state index contributed by atoms with van der Waals surface area (Å²) < 4.78 is 2.17. The quantitative estimate of drug-likeness (QED) is 0.883. The molecule has 0 saturated heterocycles. The van der Waals surface area contributed by atoms with Crippen LogP contribution in [0.4, 0.5) is 11.4 Å². The first-order valence-corrected chi connectivity index (χ1v) is 8.06. The number of hydrogen-bond acceptors (Lipinski definition) is 2. The van der Waals surface area contributed by atoms with E-state index in [9.17, 15) is 4.79 Å². The van der Waals surface area contributed by atoms with Crippen molar-refractivity contribution in [3.8, 4) is 0 Å². The maximum atomic E-state index is 12.7. The molecule has 124 valence electrons. The van der Waals surface area contributed by atoms with E-state index in [1.54, 1.807) is 6.07 Å². The molecule has 1 heterocycles. The van der Waals surface area contributed by atoms with E-state index in [0.29, 0.717) is 22.3 Å². The van der Waals surface area contributed by atoms with Gasteiger partial charge in [0.05, 0.1) is 16.9 Å². The fourth-order valence-electron chi connectivity index (χ4n) is 2.99. The van der Waals surface area contributed by atoms with Crippen LogP contribution >= 0.6 is 11.6 Å². The van der Waals surface area contributed by atoms with Crippen molar-refractivity contribution >= 4 is 28.9 Å². The first kappa shape index (κ1) is 17.4. The molecule has 4 nitrogen and oxygen atoms in total. The Morgan fingerprint density at radius 1 is 1.22 bits per heavy atom. The van der Waals surface area contributed by atoms with Crippen molar-refractivity contribution in [3.05, 3.63) is 46.2 Å². The fraction of sp³-hybridized carbons (Fsp3) is 0.389. The third-order valence-electron chi connectivity index (χ3n) is 3.93. The highest BCUT2D eigenvalue weighted by Gasteiger charge is 2.18. The van der Waals surface area contributed by atoms with Gasteiger partial charge in [-0.15, -0.1) is 0 Å². The fourth-order valence-corrected chi connectivity index (χ4v) is 3.16. The Bertz CT molecular complexity index is 732. The molecular formula is C18H24ClN3O. The van der Waals surface area contributed by atoms with Gasteiger partial charge in [-0.2, -0.15) is 0 Å². The molecule has 2 rings (SSSR count). The van der Waals surface area contributed by atoms with Crippen LogP contribution in [0.2, 0.25) is 5.02 Å². The number of nitrogens with one attached hydrogen (secondary N) is 1. The Morgan fingerprint density at radius 3 is 2.39 bits per heavy atom. The van der Waals surface area contributed by atoms with Gasteiger partial charge >= 0.3 is 0 Å². The van der Waals surface area contributed by atoms with Crippen LogP contribution in [0, 0.1) is 13.8 Å². The predicted molar refractivity (Wildman–Crippen MR) is 98.0 cm³/mol. The van der Waals surface area contributed by atoms with E-state index in [0.717, 1.165) is 17.1 Å². The largest absolute Gasteiger partial charge is 0.376 e. The molecule has 0 aliphatic rings. The summed E-state index contributed by atoms with van der Waals surface area (Å²) in [7, 11) is 3.87. The third kappa shape index (κ3) is 3.53. The average molecular weight is 334 g/mol. The van der Waals surface area contributed by atoms with Gasteiger partial charge in [0.15, 0.2) is 0 Å². The highest BCUT2D eigenvalue weighted by Crippen LogP contribution is 2.29. The zero-order valence-corrected chi connectivity index (χ0v) is 15.3. The SMILES string of the molecule is Cc1cc(C(=O)Nc2cc(Cl)ccc2N(C)C)c(C)n1C(C)C. The molecule has 5 heteroatoms. The van der Waals surface area contributed by atoms with E-state index in [4.69, 9.17) is 11.6 Å². The smallest absolute Gasteiger partial charge is 0.257 e. The number of aromatic nitrogens is 1. The monoisotopic (exact) mass is 333 g/mol. The van der Waals surface area contributed by atoms with Crippen molar-refractivity contribution < 1.29 is 4.79 Å². The van der Waals surface area contributed by atoms with Crippen molar-refractivity contribution in [2.75, 3.05) is 24.3 Å². The van der Waals surface area contributed by atoms with E-state index in [1.807, 2.05) is 51.0 Å². The number of rotatable bonds is 4. The Morgan fingerprint density at radius 2 is 1.87 bits per heavy atom. The van der Waals surface area contributed by atoms with Crippen LogP contribution in [0.5, 0.6) is 0 Å². The Labute approximate surface area is 143 Å². The topological polar surface area (TPSA) is 37.3 Å². The molecule has 0 spiro atoms. The molecule has 0 aliphatic carbocycles. The number of anilines is 2. The molecule has 1 aromatic heterocycles. The number of carbonyl (C=O) groups is 1. The lowest BCUT2D eigenvalue weighted by Crippen LogP contribution is -2.17. The molecule has 23 heavy (non-hydrogen) atoms. The molecule has 1 N–H and O–H groups in total. The molecular weight excluding hydrogens is 310 g/mol. The molecule has 0 radical (unpaired) electrons. The van der Waals surface area contributed by atoms with Crippen LogP contribution in [-0.4, -0.2) is 24.6 Å². The molecule has 1 aromatic carbocycles. The summed E-state index contributed by atoms with van der Waals surface area (Å²) in [5.74, 6) is -0.115. The summed E-state index contributed by atoms with van der Waals surface area (Å²) in [4.78, 5) is 14.7. The number of benzene rings is 1. The van der Waals surface area contributed by atoms with Gasteiger partial charge in [0.1, 0.15) is 0 Å². The standard InChI is InChI=1S/C18H24ClN3O/c1-11(2)22-12(3)9-15(13(22)4)18(23)20-16-10-14(19)7-8-17(16)21(5)6/h7-11H,1-6H3,(H,20,23). The lowest BCUT2D eigenvalue weighted by molar-refractivity contribution is 0.102. The minimum absolute atomic E-state index is 0.115. The summed E-state index contributed by atoms with van der Waals surface area (Å²) in [5, 5.41) is 3.59. The van der Waals surface area contributed by atoms with Crippen LogP contribution in [-0.2, 0) is 0 Å². The first-order valence-electron chi connectivity index (χ1n) is 7.69. The summed E-state index contributed by atoms with van der Waals surface area (Å²) in [5.41, 5.74) is 4.38. The number of hydrogen-bond donors (Lipinski definition) is 1. The normalized spacial score (nSPS) is 11.0. The Hall–Kier alpha value is -1.94. The van der Waals surface area contributed by atoms with Crippen LogP contribution < -0.4 is 10.2 Å². The Balaban J connectivity index is 2.37. The maximum Gasteiger partial charge on any atom is 0.257 e. The number of halogens is 1.